The summed E-state index contributed by atoms with van der Waals surface area (Å²) in [5, 5.41) is 6.40. The predicted molar refractivity (Wildman–Crippen MR) is 118 cm³/mol. The lowest BCUT2D eigenvalue weighted by Crippen LogP contribution is -2.48. The highest BCUT2D eigenvalue weighted by molar-refractivity contribution is 7.14. The van der Waals surface area contributed by atoms with E-state index in [-0.39, 0.29) is 12.7 Å². The molecule has 0 bridgehead atoms. The van der Waals surface area contributed by atoms with E-state index >= 15 is 0 Å². The number of anilines is 3. The summed E-state index contributed by atoms with van der Waals surface area (Å²) in [4.78, 5) is 21.4. The van der Waals surface area contributed by atoms with Crippen molar-refractivity contribution in [3.05, 3.63) is 58.6 Å². The molecule has 2 aliphatic rings. The molecule has 0 atom stereocenters. The number of rotatable bonds is 4. The Labute approximate surface area is 182 Å². The average Bonchev–Trinajstić information content (AvgIpc) is 3.42. The monoisotopic (exact) mass is 442 g/mol. The summed E-state index contributed by atoms with van der Waals surface area (Å²) < 4.78 is 10.7. The van der Waals surface area contributed by atoms with Crippen LogP contribution in [0, 0.1) is 0 Å². The van der Waals surface area contributed by atoms with Crippen LogP contribution in [0.4, 0.5) is 16.5 Å². The highest BCUT2D eigenvalue weighted by Gasteiger charge is 2.24. The predicted octanol–water partition coefficient (Wildman–Crippen LogP) is 4.23. The van der Waals surface area contributed by atoms with Crippen molar-refractivity contribution in [2.24, 2.45) is 0 Å². The van der Waals surface area contributed by atoms with E-state index in [1.54, 1.807) is 5.38 Å². The van der Waals surface area contributed by atoms with Crippen LogP contribution in [0.25, 0.3) is 0 Å². The lowest BCUT2D eigenvalue weighted by Gasteiger charge is -2.35. The summed E-state index contributed by atoms with van der Waals surface area (Å²) in [5.74, 6) is 1.38. The van der Waals surface area contributed by atoms with E-state index in [0.717, 1.165) is 35.2 Å². The summed E-state index contributed by atoms with van der Waals surface area (Å²) in [5.41, 5.74) is 2.38. The molecule has 3 heterocycles. The van der Waals surface area contributed by atoms with Gasteiger partial charge in [-0.15, -0.1) is 11.3 Å². The molecular formula is C21H19ClN4O3S. The van der Waals surface area contributed by atoms with Gasteiger partial charge in [0.25, 0.3) is 5.91 Å². The standard InChI is InChI=1S/C21H19ClN4O3S/c22-14-2-1-3-16(10-14)25-6-8-26(9-7-25)20(27)17-12-30-21(24-17)23-15-4-5-18-19(11-15)29-13-28-18/h1-5,10-12H,6-9,13H2,(H,23,24). The number of benzene rings is 2. The van der Waals surface area contributed by atoms with Crippen molar-refractivity contribution in [2.45, 2.75) is 0 Å². The number of amides is 1. The van der Waals surface area contributed by atoms with Crippen LogP contribution in [-0.4, -0.2) is 48.8 Å². The Bertz CT molecular complexity index is 1080. The normalized spacial score (nSPS) is 15.4. The van der Waals surface area contributed by atoms with E-state index in [0.29, 0.717) is 29.7 Å². The molecule has 7 nitrogen and oxygen atoms in total. The van der Waals surface area contributed by atoms with Gasteiger partial charge in [-0.1, -0.05) is 17.7 Å². The molecule has 1 N–H and O–H groups in total. The molecule has 0 unspecified atom stereocenters. The summed E-state index contributed by atoms with van der Waals surface area (Å²) in [6, 6.07) is 13.4. The Morgan fingerprint density at radius 2 is 1.90 bits per heavy atom. The van der Waals surface area contributed by atoms with Crippen LogP contribution in [0.1, 0.15) is 10.5 Å². The van der Waals surface area contributed by atoms with Gasteiger partial charge >= 0.3 is 0 Å². The number of piperazine rings is 1. The van der Waals surface area contributed by atoms with Gasteiger partial charge in [0, 0.05) is 54.0 Å². The molecule has 1 aromatic heterocycles. The molecule has 154 valence electrons. The van der Waals surface area contributed by atoms with Crippen molar-refractivity contribution < 1.29 is 14.3 Å². The first-order valence-corrected chi connectivity index (χ1v) is 10.8. The van der Waals surface area contributed by atoms with Crippen molar-refractivity contribution in [3.63, 3.8) is 0 Å². The molecule has 3 aromatic rings. The fourth-order valence-corrected chi connectivity index (χ4v) is 4.42. The first-order chi connectivity index (χ1) is 14.7. The van der Waals surface area contributed by atoms with Crippen molar-refractivity contribution in [2.75, 3.05) is 43.2 Å². The van der Waals surface area contributed by atoms with Gasteiger partial charge in [-0.3, -0.25) is 4.79 Å². The fraction of sp³-hybridized carbons (Fsp3) is 0.238. The van der Waals surface area contributed by atoms with Crippen molar-refractivity contribution in [1.82, 2.24) is 9.88 Å². The zero-order chi connectivity index (χ0) is 20.5. The first-order valence-electron chi connectivity index (χ1n) is 9.58. The molecule has 0 saturated carbocycles. The van der Waals surface area contributed by atoms with Gasteiger partial charge in [0.2, 0.25) is 6.79 Å². The second-order valence-corrected chi connectivity index (χ2v) is 8.28. The van der Waals surface area contributed by atoms with E-state index in [1.165, 1.54) is 11.3 Å². The van der Waals surface area contributed by atoms with Gasteiger partial charge in [0.05, 0.1) is 0 Å². The lowest BCUT2D eigenvalue weighted by molar-refractivity contribution is 0.0742. The van der Waals surface area contributed by atoms with Crippen LogP contribution in [-0.2, 0) is 0 Å². The number of thiazole rings is 1. The summed E-state index contributed by atoms with van der Waals surface area (Å²) in [6.45, 7) is 3.05. The number of carbonyl (C=O) groups is 1. The Kier molecular flexibility index (Phi) is 5.10. The smallest absolute Gasteiger partial charge is 0.273 e. The molecule has 2 aromatic carbocycles. The zero-order valence-electron chi connectivity index (χ0n) is 16.0. The molecule has 0 spiro atoms. The Balaban J connectivity index is 1.21. The third-order valence-electron chi connectivity index (χ3n) is 5.09. The number of nitrogens with one attached hydrogen (secondary N) is 1. The van der Waals surface area contributed by atoms with Crippen LogP contribution in [0.2, 0.25) is 5.02 Å². The molecular weight excluding hydrogens is 424 g/mol. The number of halogens is 1. The largest absolute Gasteiger partial charge is 0.454 e. The Hall–Kier alpha value is -2.97. The van der Waals surface area contributed by atoms with Crippen molar-refractivity contribution in [1.29, 1.82) is 0 Å². The fourth-order valence-electron chi connectivity index (χ4n) is 3.53. The highest BCUT2D eigenvalue weighted by atomic mass is 35.5. The second-order valence-electron chi connectivity index (χ2n) is 6.99. The molecule has 30 heavy (non-hydrogen) atoms. The minimum absolute atomic E-state index is 0.0456. The third kappa shape index (κ3) is 3.88. The van der Waals surface area contributed by atoms with Gasteiger partial charge in [-0.25, -0.2) is 4.98 Å². The quantitative estimate of drug-likeness (QED) is 0.652. The topological polar surface area (TPSA) is 66.9 Å². The molecule has 9 heteroatoms. The number of aromatic nitrogens is 1. The first kappa shape index (κ1) is 19.0. The van der Waals surface area contributed by atoms with Gasteiger partial charge in [-0.05, 0) is 30.3 Å². The van der Waals surface area contributed by atoms with E-state index in [2.05, 4.69) is 15.2 Å². The number of carbonyl (C=O) groups excluding carboxylic acids is 1. The molecule has 5 rings (SSSR count). The SMILES string of the molecule is O=C(c1csc(Nc2ccc3c(c2)OCO3)n1)N1CCN(c2cccc(Cl)c2)CC1. The van der Waals surface area contributed by atoms with Gasteiger partial charge in [-0.2, -0.15) is 0 Å². The van der Waals surface area contributed by atoms with Crippen LogP contribution in [0.15, 0.2) is 47.8 Å². The maximum absolute atomic E-state index is 12.9. The third-order valence-corrected chi connectivity index (χ3v) is 6.08. The number of fused-ring (bicyclic) bond motifs is 1. The van der Waals surface area contributed by atoms with Crippen LogP contribution >= 0.6 is 22.9 Å². The Morgan fingerprint density at radius 1 is 1.07 bits per heavy atom. The number of ether oxygens (including phenoxy) is 2. The second kappa shape index (κ2) is 8.04. The van der Waals surface area contributed by atoms with Crippen LogP contribution in [0.5, 0.6) is 11.5 Å². The van der Waals surface area contributed by atoms with Gasteiger partial charge in [0.15, 0.2) is 16.6 Å². The van der Waals surface area contributed by atoms with Crippen LogP contribution in [0.3, 0.4) is 0 Å². The summed E-state index contributed by atoms with van der Waals surface area (Å²) in [6.07, 6.45) is 0. The maximum atomic E-state index is 12.9. The molecule has 2 aliphatic heterocycles. The van der Waals surface area contributed by atoms with E-state index < -0.39 is 0 Å². The maximum Gasteiger partial charge on any atom is 0.273 e. The van der Waals surface area contributed by atoms with Gasteiger partial charge in [0.1, 0.15) is 5.69 Å². The average molecular weight is 443 g/mol. The molecule has 1 fully saturated rings. The van der Waals surface area contributed by atoms with E-state index in [4.69, 9.17) is 21.1 Å². The summed E-state index contributed by atoms with van der Waals surface area (Å²) >= 11 is 7.50. The molecule has 1 amide bonds. The van der Waals surface area contributed by atoms with Crippen molar-refractivity contribution in [3.8, 4) is 11.5 Å². The van der Waals surface area contributed by atoms with E-state index in [1.807, 2.05) is 47.4 Å². The lowest BCUT2D eigenvalue weighted by atomic mass is 10.2. The highest BCUT2D eigenvalue weighted by Crippen LogP contribution is 2.35. The molecule has 0 radical (unpaired) electrons. The summed E-state index contributed by atoms with van der Waals surface area (Å²) in [7, 11) is 0. The zero-order valence-corrected chi connectivity index (χ0v) is 17.6. The molecule has 1 saturated heterocycles. The Morgan fingerprint density at radius 3 is 2.73 bits per heavy atom. The number of nitrogens with zero attached hydrogens (tertiary/aromatic N) is 3. The van der Waals surface area contributed by atoms with Gasteiger partial charge < -0.3 is 24.6 Å². The minimum atomic E-state index is -0.0456. The van der Waals surface area contributed by atoms with Crippen molar-refractivity contribution >= 4 is 45.4 Å². The number of hydrogen-bond acceptors (Lipinski definition) is 7. The van der Waals surface area contributed by atoms with E-state index in [9.17, 15) is 4.79 Å². The van der Waals surface area contributed by atoms with Crippen LogP contribution < -0.4 is 19.7 Å². The molecule has 0 aliphatic carbocycles. The number of hydrogen-bond donors (Lipinski definition) is 1. The minimum Gasteiger partial charge on any atom is -0.454 e.